The van der Waals surface area contributed by atoms with Crippen molar-refractivity contribution in [2.75, 3.05) is 28.6 Å². The molecule has 0 bridgehead atoms. The standard InChI is InChI=1S/C16H22N2O7S3/c1-11-8-13(18-16(19)12(2)9-27(18,22)23)4-5-15(11)28(24,25)17(3)14-6-7-26(20,21)10-14/h4-5,8,12,14H,6-7,9-10H2,1-3H3/t12-,14-/m1/s1. The van der Waals surface area contributed by atoms with Crippen molar-refractivity contribution in [1.29, 1.82) is 0 Å². The van der Waals surface area contributed by atoms with Crippen LogP contribution in [0.25, 0.3) is 0 Å². The quantitative estimate of drug-likeness (QED) is 0.637. The zero-order chi connectivity index (χ0) is 21.1. The number of hydrogen-bond acceptors (Lipinski definition) is 7. The van der Waals surface area contributed by atoms with Crippen LogP contribution in [0.5, 0.6) is 0 Å². The lowest BCUT2D eigenvalue weighted by Crippen LogP contribution is -2.38. The fraction of sp³-hybridized carbons (Fsp3) is 0.562. The maximum Gasteiger partial charge on any atom is 0.244 e. The average molecular weight is 451 g/mol. The number of hydrogen-bond donors (Lipinski definition) is 0. The molecule has 0 unspecified atom stereocenters. The number of benzene rings is 1. The first kappa shape index (κ1) is 21.2. The minimum absolute atomic E-state index is 0.0530. The van der Waals surface area contributed by atoms with Crippen molar-refractivity contribution >= 4 is 41.5 Å². The van der Waals surface area contributed by atoms with Gasteiger partial charge in [-0.1, -0.05) is 6.92 Å². The van der Waals surface area contributed by atoms with Gasteiger partial charge in [0.2, 0.25) is 26.0 Å². The van der Waals surface area contributed by atoms with Crippen LogP contribution in [0.3, 0.4) is 0 Å². The molecule has 1 amide bonds. The number of amides is 1. The third-order valence-electron chi connectivity index (χ3n) is 5.13. The minimum atomic E-state index is -3.98. The maximum absolute atomic E-state index is 13.0. The van der Waals surface area contributed by atoms with Gasteiger partial charge in [-0.25, -0.2) is 29.6 Å². The van der Waals surface area contributed by atoms with E-state index in [0.717, 1.165) is 4.31 Å². The van der Waals surface area contributed by atoms with Gasteiger partial charge in [0.05, 0.1) is 33.8 Å². The summed E-state index contributed by atoms with van der Waals surface area (Å²) in [6, 6.07) is 3.24. The number of sulfonamides is 2. The summed E-state index contributed by atoms with van der Waals surface area (Å²) in [5, 5.41) is 0. The van der Waals surface area contributed by atoms with Crippen LogP contribution in [0.1, 0.15) is 18.9 Å². The summed E-state index contributed by atoms with van der Waals surface area (Å²) in [5.41, 5.74) is 0.365. The van der Waals surface area contributed by atoms with Gasteiger partial charge in [0.15, 0.2) is 9.84 Å². The summed E-state index contributed by atoms with van der Waals surface area (Å²) in [6.45, 7) is 3.03. The molecule has 2 aliphatic rings. The maximum atomic E-state index is 13.0. The molecular weight excluding hydrogens is 428 g/mol. The van der Waals surface area contributed by atoms with E-state index in [4.69, 9.17) is 0 Å². The van der Waals surface area contributed by atoms with Gasteiger partial charge in [-0.15, -0.1) is 0 Å². The zero-order valence-electron chi connectivity index (χ0n) is 15.7. The van der Waals surface area contributed by atoms with E-state index in [1.807, 2.05) is 0 Å². The number of nitrogens with zero attached hydrogens (tertiary/aromatic N) is 2. The van der Waals surface area contributed by atoms with Gasteiger partial charge in [0, 0.05) is 13.1 Å². The number of sulfone groups is 1. The Hall–Kier alpha value is -1.50. The number of aryl methyl sites for hydroxylation is 1. The Bertz CT molecular complexity index is 1140. The Morgan fingerprint density at radius 1 is 1.14 bits per heavy atom. The predicted octanol–water partition coefficient (Wildman–Crippen LogP) is 0.115. The van der Waals surface area contributed by atoms with Crippen molar-refractivity contribution in [1.82, 2.24) is 4.31 Å². The van der Waals surface area contributed by atoms with Gasteiger partial charge in [0.25, 0.3) is 0 Å². The Morgan fingerprint density at radius 3 is 2.25 bits per heavy atom. The molecule has 9 nitrogen and oxygen atoms in total. The molecule has 0 N–H and O–H groups in total. The molecule has 3 rings (SSSR count). The Balaban J connectivity index is 1.95. The first-order valence-corrected chi connectivity index (χ1v) is 13.5. The molecule has 2 heterocycles. The highest BCUT2D eigenvalue weighted by Crippen LogP contribution is 2.32. The molecule has 0 spiro atoms. The lowest BCUT2D eigenvalue weighted by Gasteiger charge is -2.24. The van der Waals surface area contributed by atoms with Gasteiger partial charge in [-0.3, -0.25) is 4.79 Å². The predicted molar refractivity (Wildman–Crippen MR) is 104 cm³/mol. The zero-order valence-corrected chi connectivity index (χ0v) is 18.1. The van der Waals surface area contributed by atoms with Crippen LogP contribution in [-0.4, -0.2) is 65.8 Å². The smallest absolute Gasteiger partial charge is 0.244 e. The summed E-state index contributed by atoms with van der Waals surface area (Å²) < 4.78 is 75.5. The van der Waals surface area contributed by atoms with Crippen molar-refractivity contribution in [2.24, 2.45) is 5.92 Å². The van der Waals surface area contributed by atoms with Crippen LogP contribution in [0.4, 0.5) is 5.69 Å². The van der Waals surface area contributed by atoms with Gasteiger partial charge in [0.1, 0.15) is 0 Å². The van der Waals surface area contributed by atoms with Crippen molar-refractivity contribution in [3.8, 4) is 0 Å². The monoisotopic (exact) mass is 450 g/mol. The van der Waals surface area contributed by atoms with E-state index < -0.39 is 47.8 Å². The molecule has 2 atom stereocenters. The topological polar surface area (TPSA) is 126 Å². The number of anilines is 1. The molecular formula is C16H22N2O7S3. The van der Waals surface area contributed by atoms with Crippen LogP contribution in [0, 0.1) is 12.8 Å². The third kappa shape index (κ3) is 3.58. The van der Waals surface area contributed by atoms with E-state index in [-0.39, 0.29) is 39.8 Å². The normalized spacial score (nSPS) is 26.9. The van der Waals surface area contributed by atoms with E-state index in [0.29, 0.717) is 4.31 Å². The summed E-state index contributed by atoms with van der Waals surface area (Å²) >= 11 is 0. The molecule has 156 valence electrons. The number of carbonyl (C=O) groups excluding carboxylic acids is 1. The average Bonchev–Trinajstić information content (AvgIpc) is 3.02. The van der Waals surface area contributed by atoms with E-state index >= 15 is 0 Å². The second kappa shape index (κ2) is 6.78. The van der Waals surface area contributed by atoms with Gasteiger partial charge >= 0.3 is 0 Å². The van der Waals surface area contributed by atoms with Gasteiger partial charge in [-0.05, 0) is 37.1 Å². The SMILES string of the molecule is Cc1cc(N2C(=O)[C@H](C)CS2(=O)=O)ccc1S(=O)(=O)N(C)[C@@H]1CCS(=O)(=O)C1. The van der Waals surface area contributed by atoms with Crippen molar-refractivity contribution in [3.05, 3.63) is 23.8 Å². The van der Waals surface area contributed by atoms with Crippen molar-refractivity contribution < 1.29 is 30.0 Å². The van der Waals surface area contributed by atoms with Gasteiger partial charge < -0.3 is 0 Å². The highest BCUT2D eigenvalue weighted by molar-refractivity contribution is 7.94. The fourth-order valence-electron chi connectivity index (χ4n) is 3.55. The second-order valence-electron chi connectivity index (χ2n) is 7.31. The molecule has 2 saturated heterocycles. The summed E-state index contributed by atoms with van der Waals surface area (Å²) in [5.74, 6) is -1.78. The van der Waals surface area contributed by atoms with Crippen molar-refractivity contribution in [2.45, 2.75) is 31.2 Å². The van der Waals surface area contributed by atoms with Crippen LogP contribution < -0.4 is 4.31 Å². The second-order valence-corrected chi connectivity index (χ2v) is 13.4. The highest BCUT2D eigenvalue weighted by Gasteiger charge is 2.42. The highest BCUT2D eigenvalue weighted by atomic mass is 32.2. The van der Waals surface area contributed by atoms with Crippen molar-refractivity contribution in [3.63, 3.8) is 0 Å². The molecule has 12 heteroatoms. The van der Waals surface area contributed by atoms with E-state index in [9.17, 15) is 30.0 Å². The van der Waals surface area contributed by atoms with Crippen LogP contribution in [0.2, 0.25) is 0 Å². The van der Waals surface area contributed by atoms with E-state index in [1.54, 1.807) is 0 Å². The summed E-state index contributed by atoms with van der Waals surface area (Å²) in [6.07, 6.45) is 0.230. The largest absolute Gasteiger partial charge is 0.273 e. The number of carbonyl (C=O) groups is 1. The lowest BCUT2D eigenvalue weighted by atomic mass is 10.2. The van der Waals surface area contributed by atoms with E-state index in [1.165, 1.54) is 39.1 Å². The first-order valence-electron chi connectivity index (χ1n) is 8.62. The first-order chi connectivity index (χ1) is 12.8. The molecule has 1 aromatic rings. The lowest BCUT2D eigenvalue weighted by molar-refractivity contribution is -0.119. The molecule has 0 aromatic heterocycles. The molecule has 0 aliphatic carbocycles. The Labute approximate surface area is 165 Å². The van der Waals surface area contributed by atoms with E-state index in [2.05, 4.69) is 0 Å². The molecule has 28 heavy (non-hydrogen) atoms. The summed E-state index contributed by atoms with van der Waals surface area (Å²) in [7, 11) is -9.68. The Kier molecular flexibility index (Phi) is 5.14. The third-order valence-corrected chi connectivity index (χ3v) is 10.8. The number of rotatable bonds is 4. The minimum Gasteiger partial charge on any atom is -0.273 e. The molecule has 2 aliphatic heterocycles. The van der Waals surface area contributed by atoms with Gasteiger partial charge in [-0.2, -0.15) is 4.31 Å². The van der Waals surface area contributed by atoms with Crippen LogP contribution in [-0.2, 0) is 34.7 Å². The molecule has 0 radical (unpaired) electrons. The summed E-state index contributed by atoms with van der Waals surface area (Å²) in [4.78, 5) is 12.2. The van der Waals surface area contributed by atoms with Crippen LogP contribution in [0.15, 0.2) is 23.1 Å². The molecule has 1 aromatic carbocycles. The molecule has 2 fully saturated rings. The van der Waals surface area contributed by atoms with Crippen LogP contribution >= 0.6 is 0 Å². The Morgan fingerprint density at radius 2 is 1.79 bits per heavy atom. The molecule has 0 saturated carbocycles. The fourth-order valence-corrected chi connectivity index (χ4v) is 8.82.